The Kier molecular flexibility index (Phi) is 4.38. The van der Waals surface area contributed by atoms with Crippen molar-refractivity contribution in [3.8, 4) is 0 Å². The van der Waals surface area contributed by atoms with Crippen LogP contribution in [0, 0.1) is 16.0 Å². The molecule has 2 aliphatic rings. The van der Waals surface area contributed by atoms with Gasteiger partial charge in [-0.3, -0.25) is 14.9 Å². The molecule has 126 valence electrons. The van der Waals surface area contributed by atoms with Crippen molar-refractivity contribution in [3.05, 3.63) is 57.0 Å². The standard InChI is InChI=1S/C18H19NO5/c1-11-15-5-3-4-6-16(15)24-18(17(11)23-12(2)20)13-7-9-14(10-8-13)19(21)22/h7-11H,3-6H2,1-2H3. The zero-order valence-electron chi connectivity index (χ0n) is 13.7. The molecule has 0 amide bonds. The number of rotatable bonds is 3. The predicted octanol–water partition coefficient (Wildman–Crippen LogP) is 4.32. The van der Waals surface area contributed by atoms with E-state index in [0.717, 1.165) is 31.4 Å². The van der Waals surface area contributed by atoms with E-state index in [1.165, 1.54) is 24.6 Å². The molecule has 6 nitrogen and oxygen atoms in total. The number of ether oxygens (including phenoxy) is 2. The monoisotopic (exact) mass is 329 g/mol. The summed E-state index contributed by atoms with van der Waals surface area (Å²) in [6.07, 6.45) is 3.98. The topological polar surface area (TPSA) is 78.7 Å². The van der Waals surface area contributed by atoms with E-state index >= 15 is 0 Å². The molecule has 0 saturated heterocycles. The highest BCUT2D eigenvalue weighted by molar-refractivity contribution is 5.73. The summed E-state index contributed by atoms with van der Waals surface area (Å²) in [5, 5.41) is 10.8. The van der Waals surface area contributed by atoms with E-state index in [1.807, 2.05) is 6.92 Å². The number of nitrogens with zero attached hydrogens (tertiary/aromatic N) is 1. The highest BCUT2D eigenvalue weighted by Gasteiger charge is 2.33. The van der Waals surface area contributed by atoms with Crippen molar-refractivity contribution in [1.29, 1.82) is 0 Å². The maximum absolute atomic E-state index is 11.5. The molecule has 0 fully saturated rings. The number of non-ortho nitro benzene ring substituents is 1. The lowest BCUT2D eigenvalue weighted by Crippen LogP contribution is -2.21. The van der Waals surface area contributed by atoms with Crippen LogP contribution in [0.25, 0.3) is 5.76 Å². The van der Waals surface area contributed by atoms with Gasteiger partial charge in [-0.05, 0) is 37.0 Å². The first kappa shape index (κ1) is 16.2. The van der Waals surface area contributed by atoms with Crippen LogP contribution in [0.2, 0.25) is 0 Å². The summed E-state index contributed by atoms with van der Waals surface area (Å²) in [6, 6.07) is 6.09. The van der Waals surface area contributed by atoms with Gasteiger partial charge in [0.15, 0.2) is 11.5 Å². The quantitative estimate of drug-likeness (QED) is 0.469. The Hall–Kier alpha value is -2.63. The first-order valence-corrected chi connectivity index (χ1v) is 8.04. The Bertz CT molecular complexity index is 745. The highest BCUT2D eigenvalue weighted by Crippen LogP contribution is 2.43. The molecule has 0 N–H and O–H groups in total. The number of carbonyl (C=O) groups is 1. The van der Waals surface area contributed by atoms with Crippen LogP contribution in [0.15, 0.2) is 41.4 Å². The van der Waals surface area contributed by atoms with Gasteiger partial charge in [-0.2, -0.15) is 0 Å². The number of benzene rings is 1. The van der Waals surface area contributed by atoms with Crippen LogP contribution in [0.5, 0.6) is 0 Å². The molecule has 1 aromatic rings. The molecule has 0 saturated carbocycles. The minimum absolute atomic E-state index is 0.00909. The van der Waals surface area contributed by atoms with E-state index in [4.69, 9.17) is 9.47 Å². The molecule has 0 bridgehead atoms. The fourth-order valence-electron chi connectivity index (χ4n) is 3.23. The van der Waals surface area contributed by atoms with Crippen molar-refractivity contribution in [2.24, 2.45) is 5.92 Å². The average molecular weight is 329 g/mol. The molecule has 24 heavy (non-hydrogen) atoms. The highest BCUT2D eigenvalue weighted by atomic mass is 16.6. The van der Waals surface area contributed by atoms with Crippen molar-refractivity contribution in [3.63, 3.8) is 0 Å². The molecular formula is C18H19NO5. The Morgan fingerprint density at radius 3 is 2.54 bits per heavy atom. The van der Waals surface area contributed by atoms with E-state index in [1.54, 1.807) is 12.1 Å². The summed E-state index contributed by atoms with van der Waals surface area (Å²) >= 11 is 0. The fraction of sp³-hybridized carbons (Fsp3) is 0.389. The summed E-state index contributed by atoms with van der Waals surface area (Å²) in [7, 11) is 0. The van der Waals surface area contributed by atoms with Crippen molar-refractivity contribution in [2.75, 3.05) is 0 Å². The molecule has 1 unspecified atom stereocenters. The SMILES string of the molecule is CC(=O)OC1=C(c2ccc([N+](=O)[O-])cc2)OC2=C(CCCC2)C1C. The van der Waals surface area contributed by atoms with E-state index in [0.29, 0.717) is 17.1 Å². The lowest BCUT2D eigenvalue weighted by atomic mass is 9.85. The number of allylic oxidation sites excluding steroid dienone is 2. The van der Waals surface area contributed by atoms with Gasteiger partial charge in [0.1, 0.15) is 5.76 Å². The number of carbonyl (C=O) groups excluding carboxylic acids is 1. The maximum atomic E-state index is 11.5. The minimum atomic E-state index is -0.447. The smallest absolute Gasteiger partial charge is 0.307 e. The molecule has 0 radical (unpaired) electrons. The van der Waals surface area contributed by atoms with Crippen molar-refractivity contribution < 1.29 is 19.2 Å². The number of nitro benzene ring substituents is 1. The van der Waals surface area contributed by atoms with Crippen molar-refractivity contribution in [1.82, 2.24) is 0 Å². The summed E-state index contributed by atoms with van der Waals surface area (Å²) in [6.45, 7) is 3.37. The molecular weight excluding hydrogens is 310 g/mol. The molecule has 1 aromatic carbocycles. The van der Waals surface area contributed by atoms with Gasteiger partial charge < -0.3 is 9.47 Å². The van der Waals surface area contributed by atoms with E-state index < -0.39 is 10.9 Å². The molecule has 1 heterocycles. The second-order valence-electron chi connectivity index (χ2n) is 6.07. The number of hydrogen-bond donors (Lipinski definition) is 0. The predicted molar refractivity (Wildman–Crippen MR) is 87.5 cm³/mol. The van der Waals surface area contributed by atoms with Crippen molar-refractivity contribution in [2.45, 2.75) is 39.5 Å². The lowest BCUT2D eigenvalue weighted by Gasteiger charge is -2.32. The minimum Gasteiger partial charge on any atom is -0.458 e. The average Bonchev–Trinajstić information content (AvgIpc) is 2.57. The van der Waals surface area contributed by atoms with Gasteiger partial charge in [0.25, 0.3) is 5.69 Å². The third kappa shape index (κ3) is 3.04. The Morgan fingerprint density at radius 1 is 1.25 bits per heavy atom. The van der Waals surface area contributed by atoms with Gasteiger partial charge in [-0.15, -0.1) is 0 Å². The zero-order valence-corrected chi connectivity index (χ0v) is 13.7. The molecule has 1 atom stereocenters. The largest absolute Gasteiger partial charge is 0.458 e. The van der Waals surface area contributed by atoms with E-state index in [2.05, 4.69) is 0 Å². The van der Waals surface area contributed by atoms with Crippen LogP contribution >= 0.6 is 0 Å². The van der Waals surface area contributed by atoms with Gasteiger partial charge >= 0.3 is 5.97 Å². The first-order valence-electron chi connectivity index (χ1n) is 8.04. The zero-order chi connectivity index (χ0) is 17.3. The molecule has 0 spiro atoms. The molecule has 1 aliphatic heterocycles. The third-order valence-electron chi connectivity index (χ3n) is 4.42. The van der Waals surface area contributed by atoms with Crippen LogP contribution in [-0.2, 0) is 14.3 Å². The number of esters is 1. The van der Waals surface area contributed by atoms with Crippen LogP contribution < -0.4 is 0 Å². The Morgan fingerprint density at radius 2 is 1.92 bits per heavy atom. The molecule has 1 aliphatic carbocycles. The number of nitro groups is 1. The Balaban J connectivity index is 2.02. The van der Waals surface area contributed by atoms with Crippen LogP contribution in [0.4, 0.5) is 5.69 Å². The molecule has 0 aromatic heterocycles. The van der Waals surface area contributed by atoms with Gasteiger partial charge in [-0.1, -0.05) is 6.92 Å². The summed E-state index contributed by atoms with van der Waals surface area (Å²) < 4.78 is 11.5. The lowest BCUT2D eigenvalue weighted by molar-refractivity contribution is -0.384. The van der Waals surface area contributed by atoms with Gasteiger partial charge in [0, 0.05) is 37.0 Å². The van der Waals surface area contributed by atoms with E-state index in [9.17, 15) is 14.9 Å². The third-order valence-corrected chi connectivity index (χ3v) is 4.42. The number of hydrogen-bond acceptors (Lipinski definition) is 5. The van der Waals surface area contributed by atoms with Gasteiger partial charge in [0.2, 0.25) is 0 Å². The summed E-state index contributed by atoms with van der Waals surface area (Å²) in [5.41, 5.74) is 1.86. The van der Waals surface area contributed by atoms with Gasteiger partial charge in [-0.25, -0.2) is 0 Å². The van der Waals surface area contributed by atoms with Crippen molar-refractivity contribution >= 4 is 17.4 Å². The molecule has 3 rings (SSSR count). The van der Waals surface area contributed by atoms with Gasteiger partial charge in [0.05, 0.1) is 4.92 Å². The first-order chi connectivity index (χ1) is 11.5. The summed E-state index contributed by atoms with van der Waals surface area (Å²) in [5.74, 6) is 1.46. The second-order valence-corrected chi connectivity index (χ2v) is 6.07. The second kappa shape index (κ2) is 6.47. The fourth-order valence-corrected chi connectivity index (χ4v) is 3.23. The summed E-state index contributed by atoms with van der Waals surface area (Å²) in [4.78, 5) is 21.9. The van der Waals surface area contributed by atoms with E-state index in [-0.39, 0.29) is 11.6 Å². The van der Waals surface area contributed by atoms with Crippen LogP contribution in [0.3, 0.4) is 0 Å². The maximum Gasteiger partial charge on any atom is 0.307 e. The molecule has 6 heteroatoms. The Labute approximate surface area is 139 Å². The van der Waals surface area contributed by atoms with Crippen LogP contribution in [0.1, 0.15) is 45.1 Å². The normalized spacial score (nSPS) is 20.3. The van der Waals surface area contributed by atoms with Crippen LogP contribution in [-0.4, -0.2) is 10.9 Å².